The molecule has 4 aromatic rings. The van der Waals surface area contributed by atoms with E-state index in [4.69, 9.17) is 50.0 Å². The predicted molar refractivity (Wildman–Crippen MR) is 166 cm³/mol. The Kier molecular flexibility index (Phi) is 8.38. The lowest BCUT2D eigenvalue weighted by molar-refractivity contribution is -0.140. The minimum atomic E-state index is -1.18. The van der Waals surface area contributed by atoms with Crippen molar-refractivity contribution in [1.82, 2.24) is 23.6 Å². The molecule has 0 spiro atoms. The highest BCUT2D eigenvalue weighted by Gasteiger charge is 2.33. The Morgan fingerprint density at radius 3 is 2.51 bits per heavy atom. The van der Waals surface area contributed by atoms with Gasteiger partial charge in [0.2, 0.25) is 0 Å². The summed E-state index contributed by atoms with van der Waals surface area (Å²) in [4.78, 5) is 55.4. The molecule has 5 rings (SSSR count). The number of ether oxygens (including phenoxy) is 2. The molecule has 0 bridgehead atoms. The van der Waals surface area contributed by atoms with Crippen LogP contribution in [0.25, 0.3) is 17.2 Å². The van der Waals surface area contributed by atoms with Crippen LogP contribution in [0.15, 0.2) is 50.9 Å². The molecule has 3 heterocycles. The van der Waals surface area contributed by atoms with Gasteiger partial charge in [-0.25, -0.2) is 4.79 Å². The van der Waals surface area contributed by atoms with Crippen LogP contribution in [0.5, 0.6) is 17.5 Å². The van der Waals surface area contributed by atoms with Crippen molar-refractivity contribution in [2.75, 3.05) is 13.7 Å². The fourth-order valence-corrected chi connectivity index (χ4v) is 6.07. The van der Waals surface area contributed by atoms with Crippen molar-refractivity contribution in [3.05, 3.63) is 83.3 Å². The van der Waals surface area contributed by atoms with Crippen molar-refractivity contribution < 1.29 is 24.2 Å². The van der Waals surface area contributed by atoms with Gasteiger partial charge in [-0.1, -0.05) is 59.3 Å². The molecule has 1 saturated heterocycles. The molecule has 1 N–H and O–H groups in total. The number of carbonyl (C=O) groups is 2. The number of aromatic nitrogens is 4. The van der Waals surface area contributed by atoms with Crippen LogP contribution in [0.1, 0.15) is 11.1 Å². The molecule has 1 fully saturated rings. The number of carboxylic acid groups (broad SMARTS) is 1. The number of thioether (sulfide) groups is 1. The summed E-state index contributed by atoms with van der Waals surface area (Å²) in [6.45, 7) is -0.469. The van der Waals surface area contributed by atoms with Crippen molar-refractivity contribution in [2.45, 2.75) is 6.54 Å². The number of amides is 1. The van der Waals surface area contributed by atoms with Crippen LogP contribution in [0.2, 0.25) is 10.0 Å². The van der Waals surface area contributed by atoms with Crippen molar-refractivity contribution in [2.24, 2.45) is 14.1 Å². The molecule has 222 valence electrons. The minimum Gasteiger partial charge on any atom is -0.493 e. The van der Waals surface area contributed by atoms with E-state index < -0.39 is 29.7 Å². The summed E-state index contributed by atoms with van der Waals surface area (Å²) in [5.74, 6) is -1.21. The van der Waals surface area contributed by atoms with Crippen LogP contribution in [0.4, 0.5) is 0 Å². The molecule has 0 radical (unpaired) electrons. The van der Waals surface area contributed by atoms with E-state index in [-0.39, 0.29) is 44.4 Å². The van der Waals surface area contributed by atoms with Crippen molar-refractivity contribution in [3.8, 4) is 17.5 Å². The van der Waals surface area contributed by atoms with Gasteiger partial charge >= 0.3 is 17.7 Å². The monoisotopic (exact) mass is 661 g/mol. The Hall–Kier alpha value is -4.11. The van der Waals surface area contributed by atoms with Gasteiger partial charge in [0.25, 0.3) is 11.5 Å². The number of halogens is 2. The van der Waals surface area contributed by atoms with E-state index in [1.54, 1.807) is 42.5 Å². The number of fused-ring (bicyclic) bond motifs is 1. The number of benzene rings is 2. The van der Waals surface area contributed by atoms with E-state index in [2.05, 4.69) is 4.98 Å². The lowest BCUT2D eigenvalue weighted by atomic mass is 10.2. The second kappa shape index (κ2) is 11.9. The molecule has 1 aliphatic heterocycles. The van der Waals surface area contributed by atoms with E-state index in [9.17, 15) is 19.2 Å². The second-order valence-corrected chi connectivity index (χ2v) is 11.8. The summed E-state index contributed by atoms with van der Waals surface area (Å²) in [7, 11) is 4.29. The Morgan fingerprint density at radius 1 is 1.09 bits per heavy atom. The molecule has 43 heavy (non-hydrogen) atoms. The molecule has 0 atom stereocenters. The summed E-state index contributed by atoms with van der Waals surface area (Å²) in [6.07, 6.45) is 1.56. The van der Waals surface area contributed by atoms with E-state index in [1.165, 1.54) is 30.3 Å². The zero-order valence-corrected chi connectivity index (χ0v) is 25.8. The van der Waals surface area contributed by atoms with E-state index >= 15 is 0 Å². The number of aryl methyl sites for hydroxylation is 1. The van der Waals surface area contributed by atoms with Crippen LogP contribution in [0.3, 0.4) is 0 Å². The summed E-state index contributed by atoms with van der Waals surface area (Å²) >= 11 is 18.7. The molecule has 2 aromatic heterocycles. The van der Waals surface area contributed by atoms with Crippen molar-refractivity contribution in [3.63, 3.8) is 0 Å². The maximum absolute atomic E-state index is 13.3. The average molecular weight is 663 g/mol. The number of hydrogen-bond donors (Lipinski definition) is 1. The van der Waals surface area contributed by atoms with Crippen LogP contribution in [-0.2, 0) is 30.2 Å². The largest absolute Gasteiger partial charge is 0.493 e. The number of hydrogen-bond acceptors (Lipinski definition) is 9. The second-order valence-electron chi connectivity index (χ2n) is 9.27. The highest BCUT2D eigenvalue weighted by Crippen LogP contribution is 2.37. The number of methoxy groups -OCH3 is 1. The zero-order chi connectivity index (χ0) is 31.2. The third-order valence-electron chi connectivity index (χ3n) is 6.51. The number of thiocarbonyl (C=S) groups is 1. The zero-order valence-electron chi connectivity index (χ0n) is 22.7. The topological polar surface area (TPSA) is 138 Å². The van der Waals surface area contributed by atoms with Gasteiger partial charge in [0.15, 0.2) is 22.7 Å². The van der Waals surface area contributed by atoms with Gasteiger partial charge in [-0.15, -0.1) is 0 Å². The fourth-order valence-electron chi connectivity index (χ4n) is 4.35. The molecule has 16 heteroatoms. The Bertz CT molecular complexity index is 2000. The standard InChI is InChI=1S/C27H21Cl2N5O7S2/c1-31-22-21(24(38)32(2)26(31)39)33(11-14-5-6-15(28)10-16(14)29)25(30-22)41-17-7-4-13(8-18(17)40-3)9-19-23(37)34(12-20(35)36)27(42)43-19/h4-10H,11-12H2,1-3H3,(H,35,36). The lowest BCUT2D eigenvalue weighted by Gasteiger charge is -2.13. The maximum atomic E-state index is 13.3. The summed E-state index contributed by atoms with van der Waals surface area (Å²) in [5.41, 5.74) is 0.255. The van der Waals surface area contributed by atoms with Gasteiger partial charge in [-0.2, -0.15) is 4.98 Å². The van der Waals surface area contributed by atoms with Gasteiger partial charge < -0.3 is 14.6 Å². The van der Waals surface area contributed by atoms with Gasteiger partial charge in [0.05, 0.1) is 18.6 Å². The van der Waals surface area contributed by atoms with E-state index in [0.29, 0.717) is 21.2 Å². The van der Waals surface area contributed by atoms with Crippen LogP contribution in [-0.4, -0.2) is 58.5 Å². The summed E-state index contributed by atoms with van der Waals surface area (Å²) in [6, 6.07) is 9.77. The third-order valence-corrected chi connectivity index (χ3v) is 8.47. The molecule has 0 aliphatic carbocycles. The first kappa shape index (κ1) is 30.4. The minimum absolute atomic E-state index is 0.0140. The number of imidazole rings is 1. The number of aliphatic carboxylic acids is 1. The molecule has 1 amide bonds. The number of carbonyl (C=O) groups excluding carboxylic acids is 1. The molecule has 0 unspecified atom stereocenters. The highest BCUT2D eigenvalue weighted by molar-refractivity contribution is 8.26. The first-order valence-corrected chi connectivity index (χ1v) is 14.3. The van der Waals surface area contributed by atoms with Gasteiger partial charge in [0.1, 0.15) is 10.9 Å². The van der Waals surface area contributed by atoms with Crippen LogP contribution < -0.4 is 20.7 Å². The normalized spacial score (nSPS) is 14.3. The van der Waals surface area contributed by atoms with Gasteiger partial charge in [-0.3, -0.25) is 33.0 Å². The quantitative estimate of drug-likeness (QED) is 0.219. The molecule has 12 nitrogen and oxygen atoms in total. The SMILES string of the molecule is COc1cc(C=C2SC(=S)N(CC(=O)O)C2=O)ccc1Oc1nc2c(c(=O)n(C)c(=O)n2C)n1Cc1ccc(Cl)cc1Cl. The number of carboxylic acids is 1. The summed E-state index contributed by atoms with van der Waals surface area (Å²) in [5, 5.41) is 9.87. The maximum Gasteiger partial charge on any atom is 0.332 e. The molecule has 2 aromatic carbocycles. The van der Waals surface area contributed by atoms with Gasteiger partial charge in [-0.05, 0) is 41.5 Å². The molecule has 0 saturated carbocycles. The molecule has 1 aliphatic rings. The Morgan fingerprint density at radius 2 is 1.84 bits per heavy atom. The molecular weight excluding hydrogens is 641 g/mol. The summed E-state index contributed by atoms with van der Waals surface area (Å²) < 4.78 is 15.6. The smallest absolute Gasteiger partial charge is 0.332 e. The molecular formula is C27H21Cl2N5O7S2. The fraction of sp³-hybridized carbons (Fsp3) is 0.185. The third kappa shape index (κ3) is 5.78. The average Bonchev–Trinajstić information content (AvgIpc) is 3.44. The van der Waals surface area contributed by atoms with Crippen molar-refractivity contribution >= 4 is 80.6 Å². The number of nitrogens with zero attached hydrogens (tertiary/aromatic N) is 5. The Balaban J connectivity index is 1.57. The Labute approximate surface area is 262 Å². The first-order valence-electron chi connectivity index (χ1n) is 12.3. The number of rotatable bonds is 8. The lowest BCUT2D eigenvalue weighted by Crippen LogP contribution is -2.37. The highest BCUT2D eigenvalue weighted by atomic mass is 35.5. The van der Waals surface area contributed by atoms with Gasteiger partial charge in [0, 0.05) is 24.1 Å². The predicted octanol–water partition coefficient (Wildman–Crippen LogP) is 3.88. The van der Waals surface area contributed by atoms with Crippen LogP contribution >= 0.6 is 47.2 Å². The van der Waals surface area contributed by atoms with Crippen molar-refractivity contribution in [1.29, 1.82) is 0 Å². The first-order chi connectivity index (χ1) is 20.4. The van der Waals surface area contributed by atoms with E-state index in [0.717, 1.165) is 21.2 Å². The van der Waals surface area contributed by atoms with E-state index in [1.807, 2.05) is 0 Å². The van der Waals surface area contributed by atoms with Crippen LogP contribution in [0, 0.1) is 0 Å².